The van der Waals surface area contributed by atoms with Crippen molar-refractivity contribution in [3.05, 3.63) is 48.0 Å². The van der Waals surface area contributed by atoms with E-state index < -0.39 is 0 Å². The van der Waals surface area contributed by atoms with Crippen LogP contribution in [0.1, 0.15) is 5.56 Å². The maximum atomic E-state index is 9.12. The quantitative estimate of drug-likeness (QED) is 0.727. The molecule has 0 saturated heterocycles. The zero-order valence-corrected chi connectivity index (χ0v) is 8.13. The Morgan fingerprint density at radius 3 is 2.79 bits per heavy atom. The van der Waals surface area contributed by atoms with Crippen LogP contribution in [0.2, 0.25) is 0 Å². The molecular weight excluding hydrogens is 174 g/mol. The molecule has 1 aromatic rings. The van der Waals surface area contributed by atoms with E-state index in [1.165, 1.54) is 5.56 Å². The van der Waals surface area contributed by atoms with Crippen molar-refractivity contribution in [1.29, 1.82) is 0 Å². The van der Waals surface area contributed by atoms with Crippen LogP contribution in [-0.4, -0.2) is 29.2 Å². The molecule has 0 amide bonds. The van der Waals surface area contributed by atoms with Crippen LogP contribution in [0.5, 0.6) is 0 Å². The Morgan fingerprint density at radius 1 is 1.29 bits per heavy atom. The molecule has 0 aromatic heterocycles. The van der Waals surface area contributed by atoms with E-state index in [1.807, 2.05) is 18.2 Å². The van der Waals surface area contributed by atoms with Gasteiger partial charge in [0.1, 0.15) is 0 Å². The van der Waals surface area contributed by atoms with Gasteiger partial charge in [-0.1, -0.05) is 42.5 Å². The minimum atomic E-state index is 0.204. The fourth-order valence-corrected chi connectivity index (χ4v) is 1.79. The normalized spacial score (nSPS) is 21.6. The maximum absolute atomic E-state index is 9.12. The van der Waals surface area contributed by atoms with E-state index in [9.17, 15) is 0 Å². The van der Waals surface area contributed by atoms with Crippen LogP contribution in [0.4, 0.5) is 0 Å². The van der Waals surface area contributed by atoms with Crippen molar-refractivity contribution in [3.63, 3.8) is 0 Å². The fraction of sp³-hybridized carbons (Fsp3) is 0.333. The molecule has 0 saturated carbocycles. The summed E-state index contributed by atoms with van der Waals surface area (Å²) in [4.78, 5) is 2.26. The van der Waals surface area contributed by atoms with Gasteiger partial charge in [-0.05, 0) is 5.56 Å². The average molecular weight is 189 g/mol. The first-order valence-electron chi connectivity index (χ1n) is 4.95. The number of rotatable bonds is 3. The summed E-state index contributed by atoms with van der Waals surface area (Å²) in [5.41, 5.74) is 1.30. The molecular formula is C12H15NO. The zero-order chi connectivity index (χ0) is 9.80. The minimum Gasteiger partial charge on any atom is -0.394 e. The van der Waals surface area contributed by atoms with Gasteiger partial charge in [-0.15, -0.1) is 0 Å². The summed E-state index contributed by atoms with van der Waals surface area (Å²) in [6, 6.07) is 10.6. The standard InChI is InChI=1S/C12H15NO/c14-10-12-7-4-8-13(12)9-11-5-2-1-3-6-11/h1-7,12,14H,8-10H2/t12-/m0/s1. The van der Waals surface area contributed by atoms with Gasteiger partial charge in [-0.2, -0.15) is 0 Å². The first-order valence-corrected chi connectivity index (χ1v) is 4.95. The second-order valence-corrected chi connectivity index (χ2v) is 3.59. The Labute approximate surface area is 84.5 Å². The fourth-order valence-electron chi connectivity index (χ4n) is 1.79. The first kappa shape index (κ1) is 9.44. The number of hydrogen-bond acceptors (Lipinski definition) is 2. The zero-order valence-electron chi connectivity index (χ0n) is 8.13. The van der Waals surface area contributed by atoms with Crippen molar-refractivity contribution < 1.29 is 5.11 Å². The third-order valence-electron chi connectivity index (χ3n) is 2.58. The number of nitrogens with zero attached hydrogens (tertiary/aromatic N) is 1. The summed E-state index contributed by atoms with van der Waals surface area (Å²) in [6.07, 6.45) is 4.19. The molecule has 1 atom stereocenters. The molecule has 1 heterocycles. The van der Waals surface area contributed by atoms with Crippen LogP contribution in [0.25, 0.3) is 0 Å². The maximum Gasteiger partial charge on any atom is 0.0622 e. The SMILES string of the molecule is OC[C@@H]1C=CCN1Cc1ccccc1. The molecule has 74 valence electrons. The largest absolute Gasteiger partial charge is 0.394 e. The average Bonchev–Trinajstić information content (AvgIpc) is 2.67. The van der Waals surface area contributed by atoms with Crippen LogP contribution in [-0.2, 0) is 6.54 Å². The Balaban J connectivity index is 1.99. The third-order valence-corrected chi connectivity index (χ3v) is 2.58. The van der Waals surface area contributed by atoms with E-state index in [0.29, 0.717) is 0 Å². The molecule has 1 aromatic carbocycles. The summed E-state index contributed by atoms with van der Waals surface area (Å²) in [5, 5.41) is 9.12. The summed E-state index contributed by atoms with van der Waals surface area (Å²) in [7, 11) is 0. The lowest BCUT2D eigenvalue weighted by molar-refractivity contribution is 0.169. The van der Waals surface area contributed by atoms with Gasteiger partial charge in [0.05, 0.1) is 12.6 Å². The first-order chi connectivity index (χ1) is 6.90. The highest BCUT2D eigenvalue weighted by Gasteiger charge is 2.18. The summed E-state index contributed by atoms with van der Waals surface area (Å²) < 4.78 is 0. The van der Waals surface area contributed by atoms with E-state index in [-0.39, 0.29) is 12.6 Å². The van der Waals surface area contributed by atoms with Crippen LogP contribution >= 0.6 is 0 Å². The second kappa shape index (κ2) is 4.40. The lowest BCUT2D eigenvalue weighted by Gasteiger charge is -2.22. The predicted octanol–water partition coefficient (Wildman–Crippen LogP) is 1.42. The molecule has 1 N–H and O–H groups in total. The molecule has 2 heteroatoms. The van der Waals surface area contributed by atoms with Crippen molar-refractivity contribution in [1.82, 2.24) is 4.90 Å². The summed E-state index contributed by atoms with van der Waals surface area (Å²) >= 11 is 0. The van der Waals surface area contributed by atoms with E-state index in [1.54, 1.807) is 0 Å². The highest BCUT2D eigenvalue weighted by Crippen LogP contribution is 2.13. The van der Waals surface area contributed by atoms with Crippen LogP contribution in [0.15, 0.2) is 42.5 Å². The van der Waals surface area contributed by atoms with Gasteiger partial charge in [0, 0.05) is 13.1 Å². The van der Waals surface area contributed by atoms with Crippen molar-refractivity contribution in [2.24, 2.45) is 0 Å². The lowest BCUT2D eigenvalue weighted by Crippen LogP contribution is -2.32. The molecule has 14 heavy (non-hydrogen) atoms. The highest BCUT2D eigenvalue weighted by molar-refractivity contribution is 5.16. The number of aliphatic hydroxyl groups is 1. The predicted molar refractivity (Wildman–Crippen MR) is 56.9 cm³/mol. The van der Waals surface area contributed by atoms with Gasteiger partial charge >= 0.3 is 0 Å². The van der Waals surface area contributed by atoms with Gasteiger partial charge in [0.2, 0.25) is 0 Å². The van der Waals surface area contributed by atoms with Gasteiger partial charge in [0.25, 0.3) is 0 Å². The van der Waals surface area contributed by atoms with Gasteiger partial charge < -0.3 is 5.11 Å². The molecule has 0 bridgehead atoms. The van der Waals surface area contributed by atoms with Crippen LogP contribution < -0.4 is 0 Å². The van der Waals surface area contributed by atoms with E-state index in [2.05, 4.69) is 29.2 Å². The van der Waals surface area contributed by atoms with Crippen molar-refractivity contribution in [2.45, 2.75) is 12.6 Å². The third kappa shape index (κ3) is 2.03. The molecule has 0 unspecified atom stereocenters. The summed E-state index contributed by atoms with van der Waals surface area (Å²) in [6.45, 7) is 2.07. The molecule has 0 fully saturated rings. The number of benzene rings is 1. The number of aliphatic hydroxyl groups excluding tert-OH is 1. The Bertz CT molecular complexity index is 307. The molecule has 0 radical (unpaired) electrons. The highest BCUT2D eigenvalue weighted by atomic mass is 16.3. The monoisotopic (exact) mass is 189 g/mol. The van der Waals surface area contributed by atoms with Gasteiger partial charge in [-0.3, -0.25) is 4.90 Å². The Morgan fingerprint density at radius 2 is 2.07 bits per heavy atom. The lowest BCUT2D eigenvalue weighted by atomic mass is 10.2. The second-order valence-electron chi connectivity index (χ2n) is 3.59. The van der Waals surface area contributed by atoms with Crippen LogP contribution in [0.3, 0.4) is 0 Å². The molecule has 1 aliphatic rings. The molecule has 0 aliphatic carbocycles. The van der Waals surface area contributed by atoms with E-state index in [0.717, 1.165) is 13.1 Å². The van der Waals surface area contributed by atoms with Crippen molar-refractivity contribution in [2.75, 3.05) is 13.2 Å². The van der Waals surface area contributed by atoms with Crippen molar-refractivity contribution in [3.8, 4) is 0 Å². The topological polar surface area (TPSA) is 23.5 Å². The number of hydrogen-bond donors (Lipinski definition) is 1. The van der Waals surface area contributed by atoms with Crippen LogP contribution in [0, 0.1) is 0 Å². The van der Waals surface area contributed by atoms with Gasteiger partial charge in [-0.25, -0.2) is 0 Å². The van der Waals surface area contributed by atoms with Gasteiger partial charge in [0.15, 0.2) is 0 Å². The summed E-state index contributed by atoms with van der Waals surface area (Å²) in [5.74, 6) is 0. The molecule has 2 nitrogen and oxygen atoms in total. The molecule has 1 aliphatic heterocycles. The smallest absolute Gasteiger partial charge is 0.0622 e. The van der Waals surface area contributed by atoms with E-state index >= 15 is 0 Å². The minimum absolute atomic E-state index is 0.204. The van der Waals surface area contributed by atoms with Crippen molar-refractivity contribution >= 4 is 0 Å². The molecule has 0 spiro atoms. The van der Waals surface area contributed by atoms with E-state index in [4.69, 9.17) is 5.11 Å². The Hall–Kier alpha value is -1.12. The molecule has 2 rings (SSSR count). The Kier molecular flexibility index (Phi) is 2.96.